The van der Waals surface area contributed by atoms with Gasteiger partial charge in [0.05, 0.1) is 6.42 Å². The molecule has 1 aromatic carbocycles. The second-order valence-corrected chi connectivity index (χ2v) is 4.90. The third-order valence-electron chi connectivity index (χ3n) is 2.93. The van der Waals surface area contributed by atoms with Gasteiger partial charge in [0.1, 0.15) is 0 Å². The van der Waals surface area contributed by atoms with Crippen LogP contribution in [0.15, 0.2) is 24.3 Å². The number of amides is 2. The zero-order valence-electron chi connectivity index (χ0n) is 11.4. The minimum atomic E-state index is -0.871. The number of rotatable bonds is 5. The van der Waals surface area contributed by atoms with Crippen molar-refractivity contribution in [3.05, 3.63) is 29.8 Å². The van der Waals surface area contributed by atoms with Crippen LogP contribution in [0.3, 0.4) is 0 Å². The monoisotopic (exact) mass is 264 g/mol. The molecule has 0 saturated heterocycles. The zero-order chi connectivity index (χ0) is 14.4. The molecule has 1 aromatic rings. The van der Waals surface area contributed by atoms with E-state index in [-0.39, 0.29) is 18.5 Å². The van der Waals surface area contributed by atoms with E-state index in [1.54, 1.807) is 24.3 Å². The number of hydrogen-bond donors (Lipinski definition) is 3. The Morgan fingerprint density at radius 2 is 1.74 bits per heavy atom. The van der Waals surface area contributed by atoms with E-state index in [0.29, 0.717) is 17.2 Å². The number of carboxylic acids is 1. The molecule has 0 aliphatic carbocycles. The number of aliphatic carboxylic acids is 1. The van der Waals surface area contributed by atoms with Crippen LogP contribution in [0.4, 0.5) is 10.5 Å². The van der Waals surface area contributed by atoms with Crippen molar-refractivity contribution in [2.24, 2.45) is 5.92 Å². The Morgan fingerprint density at radius 3 is 2.21 bits per heavy atom. The van der Waals surface area contributed by atoms with Gasteiger partial charge in [-0.25, -0.2) is 4.79 Å². The number of nitrogens with one attached hydrogen (secondary N) is 2. The van der Waals surface area contributed by atoms with Crippen molar-refractivity contribution < 1.29 is 14.7 Å². The van der Waals surface area contributed by atoms with E-state index >= 15 is 0 Å². The fourth-order valence-electron chi connectivity index (χ4n) is 1.42. The van der Waals surface area contributed by atoms with Crippen molar-refractivity contribution in [3.8, 4) is 0 Å². The summed E-state index contributed by atoms with van der Waals surface area (Å²) in [4.78, 5) is 22.2. The summed E-state index contributed by atoms with van der Waals surface area (Å²) in [5.74, 6) is -0.507. The van der Waals surface area contributed by atoms with Gasteiger partial charge >= 0.3 is 12.0 Å². The number of carbonyl (C=O) groups is 2. The zero-order valence-corrected chi connectivity index (χ0v) is 11.4. The van der Waals surface area contributed by atoms with Gasteiger partial charge in [0, 0.05) is 11.7 Å². The van der Waals surface area contributed by atoms with Crippen molar-refractivity contribution in [1.82, 2.24) is 5.32 Å². The van der Waals surface area contributed by atoms with Gasteiger partial charge < -0.3 is 15.7 Å². The lowest BCUT2D eigenvalue weighted by Gasteiger charge is -2.17. The molecule has 0 bridgehead atoms. The first-order valence-electron chi connectivity index (χ1n) is 6.26. The van der Waals surface area contributed by atoms with E-state index in [0.717, 1.165) is 0 Å². The van der Waals surface area contributed by atoms with Crippen molar-refractivity contribution in [2.45, 2.75) is 33.2 Å². The maximum absolute atomic E-state index is 11.7. The van der Waals surface area contributed by atoms with Crippen LogP contribution in [0, 0.1) is 5.92 Å². The number of anilines is 1. The van der Waals surface area contributed by atoms with E-state index in [4.69, 9.17) is 5.11 Å². The number of urea groups is 1. The Labute approximate surface area is 113 Å². The third-order valence-corrected chi connectivity index (χ3v) is 2.93. The molecule has 0 radical (unpaired) electrons. The summed E-state index contributed by atoms with van der Waals surface area (Å²) in [6.45, 7) is 6.01. The first kappa shape index (κ1) is 15.0. The summed E-state index contributed by atoms with van der Waals surface area (Å²) < 4.78 is 0. The second kappa shape index (κ2) is 6.78. The average molecular weight is 264 g/mol. The highest BCUT2D eigenvalue weighted by molar-refractivity contribution is 5.89. The SMILES string of the molecule is CC(C)C(C)NC(=O)Nc1ccc(CC(=O)O)cc1. The average Bonchev–Trinajstić information content (AvgIpc) is 2.30. The smallest absolute Gasteiger partial charge is 0.319 e. The van der Waals surface area contributed by atoms with Gasteiger partial charge in [-0.1, -0.05) is 26.0 Å². The minimum absolute atomic E-state index is 0.0170. The van der Waals surface area contributed by atoms with E-state index < -0.39 is 5.97 Å². The van der Waals surface area contributed by atoms with Gasteiger partial charge in [-0.2, -0.15) is 0 Å². The molecule has 5 heteroatoms. The van der Waals surface area contributed by atoms with Crippen LogP contribution in [-0.4, -0.2) is 23.1 Å². The molecule has 0 heterocycles. The van der Waals surface area contributed by atoms with Crippen molar-refractivity contribution in [3.63, 3.8) is 0 Å². The maximum atomic E-state index is 11.7. The molecule has 3 N–H and O–H groups in total. The molecule has 0 spiro atoms. The largest absolute Gasteiger partial charge is 0.481 e. The number of benzene rings is 1. The van der Waals surface area contributed by atoms with E-state index in [1.807, 2.05) is 20.8 Å². The molecule has 5 nitrogen and oxygen atoms in total. The highest BCUT2D eigenvalue weighted by Crippen LogP contribution is 2.10. The normalized spacial score (nSPS) is 12.0. The Morgan fingerprint density at radius 1 is 1.16 bits per heavy atom. The van der Waals surface area contributed by atoms with Crippen LogP contribution in [0.5, 0.6) is 0 Å². The summed E-state index contributed by atoms with van der Waals surface area (Å²) in [7, 11) is 0. The Balaban J connectivity index is 2.53. The van der Waals surface area contributed by atoms with Crippen molar-refractivity contribution in [1.29, 1.82) is 0 Å². The van der Waals surface area contributed by atoms with E-state index in [1.165, 1.54) is 0 Å². The predicted molar refractivity (Wildman–Crippen MR) is 74.2 cm³/mol. The van der Waals surface area contributed by atoms with Crippen LogP contribution in [-0.2, 0) is 11.2 Å². The topological polar surface area (TPSA) is 78.4 Å². The molecule has 2 amide bonds. The van der Waals surface area contributed by atoms with Crippen LogP contribution in [0.2, 0.25) is 0 Å². The predicted octanol–water partition coefficient (Wildman–Crippen LogP) is 2.48. The Bertz CT molecular complexity index is 441. The fraction of sp³-hybridized carbons (Fsp3) is 0.429. The van der Waals surface area contributed by atoms with Crippen molar-refractivity contribution >= 4 is 17.7 Å². The minimum Gasteiger partial charge on any atom is -0.481 e. The van der Waals surface area contributed by atoms with Gasteiger partial charge in [0.2, 0.25) is 0 Å². The summed E-state index contributed by atoms with van der Waals surface area (Å²) in [6, 6.07) is 6.60. The second-order valence-electron chi connectivity index (χ2n) is 4.90. The first-order chi connectivity index (χ1) is 8.88. The van der Waals surface area contributed by atoms with Gasteiger partial charge in [-0.3, -0.25) is 4.79 Å². The molecule has 1 atom stereocenters. The quantitative estimate of drug-likeness (QED) is 0.764. The number of hydrogen-bond acceptors (Lipinski definition) is 2. The summed E-state index contributed by atoms with van der Waals surface area (Å²) in [5.41, 5.74) is 1.34. The van der Waals surface area contributed by atoms with Gasteiger partial charge in [0.25, 0.3) is 0 Å². The number of carboxylic acid groups (broad SMARTS) is 1. The van der Waals surface area contributed by atoms with E-state index in [9.17, 15) is 9.59 Å². The molecule has 0 aromatic heterocycles. The highest BCUT2D eigenvalue weighted by atomic mass is 16.4. The molecule has 0 aliphatic rings. The third kappa shape index (κ3) is 5.42. The lowest BCUT2D eigenvalue weighted by Crippen LogP contribution is -2.38. The van der Waals surface area contributed by atoms with Crippen LogP contribution < -0.4 is 10.6 Å². The highest BCUT2D eigenvalue weighted by Gasteiger charge is 2.10. The molecule has 0 fully saturated rings. The molecular formula is C14H20N2O3. The molecule has 0 saturated carbocycles. The lowest BCUT2D eigenvalue weighted by molar-refractivity contribution is -0.136. The Hall–Kier alpha value is -2.04. The lowest BCUT2D eigenvalue weighted by atomic mass is 10.1. The van der Waals surface area contributed by atoms with Gasteiger partial charge in [0.15, 0.2) is 0 Å². The molecule has 104 valence electrons. The van der Waals surface area contributed by atoms with Crippen LogP contribution >= 0.6 is 0 Å². The van der Waals surface area contributed by atoms with Crippen LogP contribution in [0.25, 0.3) is 0 Å². The molecular weight excluding hydrogens is 244 g/mol. The first-order valence-corrected chi connectivity index (χ1v) is 6.26. The van der Waals surface area contributed by atoms with Crippen LogP contribution in [0.1, 0.15) is 26.3 Å². The van der Waals surface area contributed by atoms with Crippen molar-refractivity contribution in [2.75, 3.05) is 5.32 Å². The summed E-state index contributed by atoms with van der Waals surface area (Å²) in [6.07, 6.45) is -0.0170. The standard InChI is InChI=1S/C14H20N2O3/c1-9(2)10(3)15-14(19)16-12-6-4-11(5-7-12)8-13(17)18/h4-7,9-10H,8H2,1-3H3,(H,17,18)(H2,15,16,19). The molecule has 0 aliphatic heterocycles. The maximum Gasteiger partial charge on any atom is 0.319 e. The fourth-order valence-corrected chi connectivity index (χ4v) is 1.42. The van der Waals surface area contributed by atoms with Gasteiger partial charge in [-0.15, -0.1) is 0 Å². The molecule has 1 rings (SSSR count). The summed E-state index contributed by atoms with van der Waals surface area (Å²) >= 11 is 0. The Kier molecular flexibility index (Phi) is 5.36. The summed E-state index contributed by atoms with van der Waals surface area (Å²) in [5, 5.41) is 14.2. The van der Waals surface area contributed by atoms with Gasteiger partial charge in [-0.05, 0) is 30.5 Å². The molecule has 1 unspecified atom stereocenters. The van der Waals surface area contributed by atoms with E-state index in [2.05, 4.69) is 10.6 Å². The molecule has 19 heavy (non-hydrogen) atoms. The number of carbonyl (C=O) groups excluding carboxylic acids is 1.